The molecule has 0 aliphatic rings. The van der Waals surface area contributed by atoms with Crippen molar-refractivity contribution in [3.8, 4) is 0 Å². The van der Waals surface area contributed by atoms with E-state index in [1.165, 1.54) is 10.9 Å². The van der Waals surface area contributed by atoms with Gasteiger partial charge in [0.25, 0.3) is 0 Å². The molecule has 0 aromatic heterocycles. The van der Waals surface area contributed by atoms with E-state index in [-0.39, 0.29) is 0 Å². The molecular weight excluding hydrogens is 211 g/mol. The molecule has 88 valence electrons. The second kappa shape index (κ2) is 9.36. The monoisotopic (exact) mass is 234 g/mol. The van der Waals surface area contributed by atoms with Crippen molar-refractivity contribution in [3.05, 3.63) is 59.5 Å². The summed E-state index contributed by atoms with van der Waals surface area (Å²) in [6.07, 6.45) is 16.8. The van der Waals surface area contributed by atoms with Crippen LogP contribution in [0, 0.1) is 5.92 Å². The molecule has 0 heterocycles. The highest BCUT2D eigenvalue weighted by molar-refractivity contribution is 7.22. The summed E-state index contributed by atoms with van der Waals surface area (Å²) in [5.41, 5.74) is 1.23. The summed E-state index contributed by atoms with van der Waals surface area (Å²) >= 11 is 0. The summed E-state index contributed by atoms with van der Waals surface area (Å²) in [5.74, 6) is 0.613. The molecule has 0 rings (SSSR count). The summed E-state index contributed by atoms with van der Waals surface area (Å²) in [4.78, 5) is 0. The molecule has 0 aromatic carbocycles. The molecule has 0 radical (unpaired) electrons. The van der Waals surface area contributed by atoms with Crippen LogP contribution in [0.2, 0.25) is 0 Å². The number of allylic oxidation sites excluding steroid dienone is 10. The van der Waals surface area contributed by atoms with E-state index in [2.05, 4.69) is 72.5 Å². The zero-order valence-electron chi connectivity index (χ0n) is 10.8. The number of hydrogen-bond acceptors (Lipinski definition) is 0. The van der Waals surface area contributed by atoms with Crippen LogP contribution >= 0.6 is 9.24 Å². The fourth-order valence-electron chi connectivity index (χ4n) is 1.07. The van der Waals surface area contributed by atoms with Gasteiger partial charge in [0.2, 0.25) is 0 Å². The van der Waals surface area contributed by atoms with E-state index >= 15 is 0 Å². The maximum absolute atomic E-state index is 2.69. The lowest BCUT2D eigenvalue weighted by molar-refractivity contribution is 0.832. The Hall–Kier alpha value is -0.870. The van der Waals surface area contributed by atoms with Gasteiger partial charge in [-0.3, -0.25) is 0 Å². The van der Waals surface area contributed by atoms with E-state index in [1.54, 1.807) is 0 Å². The summed E-state index contributed by atoms with van der Waals surface area (Å²) in [5, 5.41) is 1.24. The highest BCUT2D eigenvalue weighted by Crippen LogP contribution is 2.09. The van der Waals surface area contributed by atoms with Gasteiger partial charge in [0.1, 0.15) is 0 Å². The molecule has 0 spiro atoms. The van der Waals surface area contributed by atoms with Crippen LogP contribution < -0.4 is 0 Å². The van der Waals surface area contributed by atoms with Gasteiger partial charge in [-0.2, -0.15) is 0 Å². The van der Waals surface area contributed by atoms with Gasteiger partial charge in [0.05, 0.1) is 0 Å². The summed E-state index contributed by atoms with van der Waals surface area (Å²) in [6, 6.07) is 0. The molecule has 1 unspecified atom stereocenters. The van der Waals surface area contributed by atoms with Crippen molar-refractivity contribution < 1.29 is 0 Å². The van der Waals surface area contributed by atoms with E-state index in [4.69, 9.17) is 0 Å². The van der Waals surface area contributed by atoms with Gasteiger partial charge in [-0.25, -0.2) is 0 Å². The Bertz CT molecular complexity index is 321. The van der Waals surface area contributed by atoms with E-state index in [9.17, 15) is 0 Å². The topological polar surface area (TPSA) is 0 Å². The second-order valence-corrected chi connectivity index (χ2v) is 4.96. The molecule has 0 saturated heterocycles. The lowest BCUT2D eigenvalue weighted by Crippen LogP contribution is -1.74. The summed E-state index contributed by atoms with van der Waals surface area (Å²) < 4.78 is 0. The Kier molecular flexibility index (Phi) is 8.85. The molecular formula is C15H23P. The average molecular weight is 234 g/mol. The van der Waals surface area contributed by atoms with E-state index in [0.717, 1.165) is 0 Å². The minimum Gasteiger partial charge on any atom is -0.110 e. The summed E-state index contributed by atoms with van der Waals surface area (Å²) in [6.45, 7) is 8.46. The first-order valence-corrected chi connectivity index (χ1v) is 6.25. The molecule has 16 heavy (non-hydrogen) atoms. The van der Waals surface area contributed by atoms with Gasteiger partial charge in [0, 0.05) is 0 Å². The maximum Gasteiger partial charge on any atom is -0.0287 e. The lowest BCUT2D eigenvalue weighted by atomic mass is 10.2. The molecule has 0 aliphatic heterocycles. The zero-order valence-corrected chi connectivity index (χ0v) is 11.9. The highest BCUT2D eigenvalue weighted by Gasteiger charge is 1.83. The largest absolute Gasteiger partial charge is 0.110 e. The van der Waals surface area contributed by atoms with Crippen LogP contribution in [0.5, 0.6) is 0 Å². The SMILES string of the molecule is C/C=C(/C=C/C=C\C=C/C(C)C)\C=C(/C)P. The first-order chi connectivity index (χ1) is 7.56. The minimum absolute atomic E-state index is 0.613. The smallest absolute Gasteiger partial charge is 0.0287 e. The Balaban J connectivity index is 4.24. The van der Waals surface area contributed by atoms with Gasteiger partial charge < -0.3 is 0 Å². The third-order valence-corrected chi connectivity index (χ3v) is 2.01. The number of hydrogen-bond donors (Lipinski definition) is 0. The van der Waals surface area contributed by atoms with Crippen LogP contribution in [0.25, 0.3) is 0 Å². The minimum atomic E-state index is 0.613. The predicted octanol–water partition coefficient (Wildman–Crippen LogP) is 5.04. The van der Waals surface area contributed by atoms with E-state index in [1.807, 2.05) is 13.0 Å². The van der Waals surface area contributed by atoms with E-state index < -0.39 is 0 Å². The zero-order chi connectivity index (χ0) is 12.4. The Morgan fingerprint density at radius 3 is 2.19 bits per heavy atom. The Morgan fingerprint density at radius 1 is 1.06 bits per heavy atom. The molecule has 0 aromatic rings. The molecule has 0 saturated carbocycles. The van der Waals surface area contributed by atoms with Crippen LogP contribution in [0.4, 0.5) is 0 Å². The standard InChI is InChI=1S/C15H23P/c1-5-15(12-14(4)16)11-9-7-6-8-10-13(2)3/h5-13H,16H2,1-4H3/b7-6-,10-8-,11-9+,14-12+,15-5-. The lowest BCUT2D eigenvalue weighted by Gasteiger charge is -1.92. The Labute approximate surface area is 103 Å². The second-order valence-electron chi connectivity index (χ2n) is 4.05. The fraction of sp³-hybridized carbons (Fsp3) is 0.333. The molecule has 0 nitrogen and oxygen atoms in total. The Morgan fingerprint density at radius 2 is 1.69 bits per heavy atom. The quantitative estimate of drug-likeness (QED) is 0.462. The van der Waals surface area contributed by atoms with Crippen molar-refractivity contribution >= 4 is 9.24 Å². The summed E-state index contributed by atoms with van der Waals surface area (Å²) in [7, 11) is 2.69. The molecule has 0 aliphatic carbocycles. The van der Waals surface area contributed by atoms with Crippen molar-refractivity contribution in [1.29, 1.82) is 0 Å². The van der Waals surface area contributed by atoms with Crippen molar-refractivity contribution in [3.63, 3.8) is 0 Å². The molecule has 0 bridgehead atoms. The average Bonchev–Trinajstić information content (AvgIpc) is 2.20. The van der Waals surface area contributed by atoms with Crippen molar-refractivity contribution in [1.82, 2.24) is 0 Å². The van der Waals surface area contributed by atoms with Crippen LogP contribution in [0.1, 0.15) is 27.7 Å². The van der Waals surface area contributed by atoms with Crippen molar-refractivity contribution in [2.75, 3.05) is 0 Å². The molecule has 0 amide bonds. The van der Waals surface area contributed by atoms with E-state index in [0.29, 0.717) is 5.92 Å². The maximum atomic E-state index is 2.69. The van der Waals surface area contributed by atoms with Crippen LogP contribution in [0.3, 0.4) is 0 Å². The van der Waals surface area contributed by atoms with Crippen LogP contribution in [-0.4, -0.2) is 0 Å². The van der Waals surface area contributed by atoms with Crippen molar-refractivity contribution in [2.45, 2.75) is 27.7 Å². The highest BCUT2D eigenvalue weighted by atomic mass is 31.0. The van der Waals surface area contributed by atoms with Gasteiger partial charge in [-0.15, -0.1) is 9.24 Å². The van der Waals surface area contributed by atoms with Gasteiger partial charge in [0.15, 0.2) is 0 Å². The predicted molar refractivity (Wildman–Crippen MR) is 79.5 cm³/mol. The van der Waals surface area contributed by atoms with Gasteiger partial charge in [-0.1, -0.05) is 67.8 Å². The fourth-order valence-corrected chi connectivity index (χ4v) is 1.26. The number of rotatable bonds is 5. The normalized spacial score (nSPS) is 15.1. The third-order valence-electron chi connectivity index (χ3n) is 1.85. The molecule has 0 fully saturated rings. The van der Waals surface area contributed by atoms with Crippen molar-refractivity contribution in [2.24, 2.45) is 5.92 Å². The van der Waals surface area contributed by atoms with Crippen LogP contribution in [-0.2, 0) is 0 Å². The molecule has 1 heteroatoms. The third kappa shape index (κ3) is 9.68. The molecule has 0 N–H and O–H groups in total. The molecule has 1 atom stereocenters. The van der Waals surface area contributed by atoms with Gasteiger partial charge >= 0.3 is 0 Å². The first-order valence-electron chi connectivity index (χ1n) is 5.68. The van der Waals surface area contributed by atoms with Gasteiger partial charge in [-0.05, 0) is 25.3 Å². The first kappa shape index (κ1) is 15.1. The van der Waals surface area contributed by atoms with Crippen LogP contribution in [0.15, 0.2) is 59.5 Å².